The van der Waals surface area contributed by atoms with Crippen LogP contribution in [0.3, 0.4) is 0 Å². The number of hydrogen-bond acceptors (Lipinski definition) is 2. The van der Waals surface area contributed by atoms with Gasteiger partial charge in [-0.15, -0.1) is 11.3 Å². The quantitative estimate of drug-likeness (QED) is 0.879. The summed E-state index contributed by atoms with van der Waals surface area (Å²) in [6.45, 7) is 0.334. The van der Waals surface area contributed by atoms with Crippen LogP contribution in [-0.2, 0) is 5.41 Å². The number of halogens is 1. The summed E-state index contributed by atoms with van der Waals surface area (Å²) in [5.74, 6) is 1.62. The first-order chi connectivity index (χ1) is 8.26. The van der Waals surface area contributed by atoms with Crippen LogP contribution in [0.25, 0.3) is 0 Å². The Morgan fingerprint density at radius 3 is 2.65 bits per heavy atom. The molecule has 2 aliphatic carbocycles. The van der Waals surface area contributed by atoms with E-state index in [1.165, 1.54) is 47.2 Å². The number of hydrogen-bond donors (Lipinski definition) is 1. The highest BCUT2D eigenvalue weighted by molar-refractivity contribution is 9.11. The van der Waals surface area contributed by atoms with Gasteiger partial charge in [0.2, 0.25) is 0 Å². The lowest BCUT2D eigenvalue weighted by atomic mass is 9.82. The third-order valence-electron chi connectivity index (χ3n) is 4.70. The lowest BCUT2D eigenvalue weighted by Gasteiger charge is -2.24. The minimum Gasteiger partial charge on any atom is -0.395 e. The van der Waals surface area contributed by atoms with E-state index in [0.717, 1.165) is 11.8 Å². The van der Waals surface area contributed by atoms with Crippen molar-refractivity contribution >= 4 is 27.3 Å². The van der Waals surface area contributed by atoms with Gasteiger partial charge in [-0.1, -0.05) is 32.1 Å². The molecule has 2 unspecified atom stereocenters. The van der Waals surface area contributed by atoms with Gasteiger partial charge in [0, 0.05) is 10.3 Å². The topological polar surface area (TPSA) is 20.2 Å². The minimum absolute atomic E-state index is 0.124. The van der Waals surface area contributed by atoms with Crippen molar-refractivity contribution in [3.8, 4) is 0 Å². The first kappa shape index (κ1) is 12.2. The van der Waals surface area contributed by atoms with Gasteiger partial charge in [0.25, 0.3) is 0 Å². The fraction of sp³-hybridized carbons (Fsp3) is 0.714. The second-order valence-electron chi connectivity index (χ2n) is 5.63. The number of rotatable bonds is 3. The predicted octanol–water partition coefficient (Wildman–Crippen LogP) is 4.34. The molecule has 0 aliphatic heterocycles. The largest absolute Gasteiger partial charge is 0.395 e. The number of aliphatic hydroxyl groups is 1. The van der Waals surface area contributed by atoms with Crippen LogP contribution in [0.5, 0.6) is 0 Å². The van der Waals surface area contributed by atoms with Crippen LogP contribution < -0.4 is 0 Å². The second-order valence-corrected chi connectivity index (χ2v) is 8.09. The second kappa shape index (κ2) is 4.67. The molecule has 2 fully saturated rings. The van der Waals surface area contributed by atoms with Gasteiger partial charge in [-0.3, -0.25) is 0 Å². The highest BCUT2D eigenvalue weighted by Gasteiger charge is 2.58. The van der Waals surface area contributed by atoms with Crippen LogP contribution in [0.2, 0.25) is 0 Å². The number of thiophene rings is 1. The van der Waals surface area contributed by atoms with Crippen LogP contribution in [-0.4, -0.2) is 11.7 Å². The first-order valence-electron chi connectivity index (χ1n) is 6.63. The summed E-state index contributed by atoms with van der Waals surface area (Å²) in [6, 6.07) is 4.32. The van der Waals surface area contributed by atoms with Crippen molar-refractivity contribution in [1.29, 1.82) is 0 Å². The molecule has 17 heavy (non-hydrogen) atoms. The van der Waals surface area contributed by atoms with Crippen LogP contribution in [0, 0.1) is 11.8 Å². The van der Waals surface area contributed by atoms with Gasteiger partial charge in [0.15, 0.2) is 0 Å². The van der Waals surface area contributed by atoms with Crippen LogP contribution >= 0.6 is 27.3 Å². The molecule has 0 bridgehead atoms. The van der Waals surface area contributed by atoms with Crippen molar-refractivity contribution in [2.75, 3.05) is 6.61 Å². The van der Waals surface area contributed by atoms with E-state index in [2.05, 4.69) is 28.1 Å². The molecule has 1 heterocycles. The Morgan fingerprint density at radius 1 is 1.29 bits per heavy atom. The van der Waals surface area contributed by atoms with Gasteiger partial charge in [0.05, 0.1) is 10.4 Å². The van der Waals surface area contributed by atoms with Crippen molar-refractivity contribution < 1.29 is 5.11 Å². The Balaban J connectivity index is 1.77. The summed E-state index contributed by atoms with van der Waals surface area (Å²) in [4.78, 5) is 1.39. The zero-order valence-corrected chi connectivity index (χ0v) is 12.4. The van der Waals surface area contributed by atoms with E-state index >= 15 is 0 Å². The smallest absolute Gasteiger partial charge is 0.0701 e. The molecule has 2 atom stereocenters. The molecule has 1 nitrogen and oxygen atoms in total. The Bertz CT molecular complexity index is 397. The maximum atomic E-state index is 9.81. The highest BCUT2D eigenvalue weighted by atomic mass is 79.9. The molecule has 1 N–H and O–H groups in total. The van der Waals surface area contributed by atoms with Crippen LogP contribution in [0.15, 0.2) is 15.9 Å². The van der Waals surface area contributed by atoms with Gasteiger partial charge in [-0.2, -0.15) is 0 Å². The van der Waals surface area contributed by atoms with Gasteiger partial charge in [-0.05, 0) is 46.3 Å². The summed E-state index contributed by atoms with van der Waals surface area (Å²) >= 11 is 5.34. The fourth-order valence-electron chi connectivity index (χ4n) is 3.61. The summed E-state index contributed by atoms with van der Waals surface area (Å²) in [5.41, 5.74) is 0.124. The van der Waals surface area contributed by atoms with Crippen molar-refractivity contribution in [3.05, 3.63) is 20.8 Å². The molecule has 0 radical (unpaired) electrons. The minimum atomic E-state index is 0.124. The maximum absolute atomic E-state index is 9.81. The van der Waals surface area contributed by atoms with Gasteiger partial charge in [0.1, 0.15) is 0 Å². The van der Waals surface area contributed by atoms with Crippen LogP contribution in [0.4, 0.5) is 0 Å². The third-order valence-corrected chi connectivity index (χ3v) is 6.54. The fourth-order valence-corrected chi connectivity index (χ4v) is 5.25. The zero-order chi connectivity index (χ0) is 11.9. The Hall–Kier alpha value is 0.140. The van der Waals surface area contributed by atoms with E-state index in [4.69, 9.17) is 0 Å². The normalized spacial score (nSPS) is 33.9. The van der Waals surface area contributed by atoms with Crippen molar-refractivity contribution in [2.45, 2.75) is 43.9 Å². The van der Waals surface area contributed by atoms with E-state index < -0.39 is 0 Å². The van der Waals surface area contributed by atoms with E-state index in [9.17, 15) is 5.11 Å². The predicted molar refractivity (Wildman–Crippen MR) is 75.5 cm³/mol. The summed E-state index contributed by atoms with van der Waals surface area (Å²) in [7, 11) is 0. The Morgan fingerprint density at radius 2 is 2.06 bits per heavy atom. The van der Waals surface area contributed by atoms with E-state index in [0.29, 0.717) is 6.61 Å². The standard InChI is InChI=1S/C14H19BrOS/c15-13-7-6-12(17-13)14(9-16)8-11(14)10-4-2-1-3-5-10/h6-7,10-11,16H,1-5,8-9H2. The highest BCUT2D eigenvalue weighted by Crippen LogP contribution is 2.61. The molecule has 0 aromatic carbocycles. The van der Waals surface area contributed by atoms with E-state index in [1.807, 2.05) is 0 Å². The summed E-state index contributed by atoms with van der Waals surface area (Å²) in [5, 5.41) is 9.81. The molecule has 94 valence electrons. The van der Waals surface area contributed by atoms with Gasteiger partial charge < -0.3 is 5.11 Å². The monoisotopic (exact) mass is 314 g/mol. The molecule has 1 aromatic heterocycles. The lowest BCUT2D eigenvalue weighted by molar-refractivity contribution is 0.220. The molecular weight excluding hydrogens is 296 g/mol. The summed E-state index contributed by atoms with van der Waals surface area (Å²) < 4.78 is 1.19. The molecule has 0 spiro atoms. The zero-order valence-electron chi connectivity index (χ0n) is 9.99. The maximum Gasteiger partial charge on any atom is 0.0701 e. The molecule has 0 amide bonds. The SMILES string of the molecule is OCC1(c2ccc(Br)s2)CC1C1CCCCC1. The average molecular weight is 315 g/mol. The van der Waals surface area contributed by atoms with Gasteiger partial charge >= 0.3 is 0 Å². The third kappa shape index (κ3) is 2.11. The van der Waals surface area contributed by atoms with Crippen molar-refractivity contribution in [1.82, 2.24) is 0 Å². The molecule has 3 heteroatoms. The Labute approximate surface area is 115 Å². The van der Waals surface area contributed by atoms with Gasteiger partial charge in [-0.25, -0.2) is 0 Å². The Kier molecular flexibility index (Phi) is 3.35. The van der Waals surface area contributed by atoms with Crippen LogP contribution in [0.1, 0.15) is 43.4 Å². The average Bonchev–Trinajstić information content (AvgIpc) is 2.98. The van der Waals surface area contributed by atoms with Crippen molar-refractivity contribution in [3.63, 3.8) is 0 Å². The first-order valence-corrected chi connectivity index (χ1v) is 8.24. The molecule has 3 rings (SSSR count). The number of aliphatic hydroxyl groups excluding tert-OH is 1. The van der Waals surface area contributed by atoms with E-state index in [-0.39, 0.29) is 5.41 Å². The lowest BCUT2D eigenvalue weighted by Crippen LogP contribution is -2.20. The summed E-state index contributed by atoms with van der Waals surface area (Å²) in [6.07, 6.45) is 8.20. The van der Waals surface area contributed by atoms with E-state index in [1.54, 1.807) is 11.3 Å². The molecule has 0 saturated heterocycles. The molecule has 2 aliphatic rings. The molecule has 2 saturated carbocycles. The molecule has 1 aromatic rings. The van der Waals surface area contributed by atoms with Crippen molar-refractivity contribution in [2.24, 2.45) is 11.8 Å². The molecular formula is C14H19BrOS.